The minimum absolute atomic E-state index is 0.147. The molecule has 0 bridgehead atoms. The van der Waals surface area contributed by atoms with E-state index in [1.165, 1.54) is 25.3 Å². The molecule has 0 atom stereocenters. The zero-order chi connectivity index (χ0) is 23.0. The van der Waals surface area contributed by atoms with Crippen LogP contribution < -0.4 is 10.7 Å². The molecule has 1 aliphatic carbocycles. The van der Waals surface area contributed by atoms with Crippen LogP contribution in [0, 0.1) is 0 Å². The van der Waals surface area contributed by atoms with Crippen molar-refractivity contribution in [3.63, 3.8) is 0 Å². The highest BCUT2D eigenvalue weighted by atomic mass is 16.6. The molecule has 4 rings (SSSR count). The highest BCUT2D eigenvalue weighted by molar-refractivity contribution is 5.84. The summed E-state index contributed by atoms with van der Waals surface area (Å²) in [6, 6.07) is 8.78. The predicted molar refractivity (Wildman–Crippen MR) is 124 cm³/mol. The van der Waals surface area contributed by atoms with Gasteiger partial charge in [0.1, 0.15) is 18.0 Å². The molecule has 1 fully saturated rings. The maximum atomic E-state index is 12.3. The van der Waals surface area contributed by atoms with Crippen LogP contribution in [-0.4, -0.2) is 45.0 Å². The minimum Gasteiger partial charge on any atom is -0.447 e. The summed E-state index contributed by atoms with van der Waals surface area (Å²) in [6.07, 6.45) is 11.1. The fourth-order valence-corrected chi connectivity index (χ4v) is 3.93. The molecule has 174 valence electrons. The van der Waals surface area contributed by atoms with Gasteiger partial charge in [0.25, 0.3) is 0 Å². The third kappa shape index (κ3) is 6.52. The van der Waals surface area contributed by atoms with Crippen molar-refractivity contribution < 1.29 is 14.3 Å². The minimum atomic E-state index is -0.531. The Balaban J connectivity index is 1.31. The molecule has 0 spiro atoms. The van der Waals surface area contributed by atoms with E-state index in [0.29, 0.717) is 24.4 Å². The lowest BCUT2D eigenvalue weighted by Crippen LogP contribution is -2.21. The lowest BCUT2D eigenvalue weighted by atomic mass is 9.98. The number of rotatable bonds is 8. The van der Waals surface area contributed by atoms with Gasteiger partial charge in [-0.15, -0.1) is 0 Å². The number of aromatic nitrogens is 4. The van der Waals surface area contributed by atoms with Crippen molar-refractivity contribution in [1.29, 1.82) is 0 Å². The van der Waals surface area contributed by atoms with Crippen molar-refractivity contribution in [3.8, 4) is 5.69 Å². The molecule has 9 heteroatoms. The fraction of sp³-hybridized carbons (Fsp3) is 0.417. The average Bonchev–Trinajstić information content (AvgIpc) is 3.25. The van der Waals surface area contributed by atoms with Gasteiger partial charge in [0.15, 0.2) is 0 Å². The number of benzene rings is 1. The van der Waals surface area contributed by atoms with E-state index in [1.807, 2.05) is 31.4 Å². The SMILES string of the molecule is Cn1cc(-n2ccc(=O)c(Cc3cccc(NC(=O)OCCOC4CCCCC4)c3)n2)cn1. The summed E-state index contributed by atoms with van der Waals surface area (Å²) < 4.78 is 14.3. The number of nitrogens with zero attached hydrogens (tertiary/aromatic N) is 4. The molecule has 1 aromatic carbocycles. The van der Waals surface area contributed by atoms with E-state index in [4.69, 9.17) is 9.47 Å². The van der Waals surface area contributed by atoms with Crippen molar-refractivity contribution in [2.45, 2.75) is 44.6 Å². The first-order valence-corrected chi connectivity index (χ1v) is 11.3. The van der Waals surface area contributed by atoms with Gasteiger partial charge >= 0.3 is 6.09 Å². The Bertz CT molecular complexity index is 1130. The summed E-state index contributed by atoms with van der Waals surface area (Å²) in [6.45, 7) is 0.616. The third-order valence-electron chi connectivity index (χ3n) is 5.60. The summed E-state index contributed by atoms with van der Waals surface area (Å²) in [5.74, 6) is 0. The van der Waals surface area contributed by atoms with Crippen LogP contribution in [0.3, 0.4) is 0 Å². The number of ether oxygens (including phenoxy) is 2. The van der Waals surface area contributed by atoms with E-state index in [-0.39, 0.29) is 18.1 Å². The molecule has 0 radical (unpaired) electrons. The van der Waals surface area contributed by atoms with E-state index < -0.39 is 6.09 Å². The molecule has 3 aromatic rings. The molecule has 1 N–H and O–H groups in total. The molecule has 0 saturated heterocycles. The second-order valence-corrected chi connectivity index (χ2v) is 8.21. The number of hydrogen-bond acceptors (Lipinski definition) is 6. The summed E-state index contributed by atoms with van der Waals surface area (Å²) in [4.78, 5) is 24.5. The molecular formula is C24H29N5O4. The number of carbonyl (C=O) groups excluding carboxylic acids is 1. The molecule has 2 aromatic heterocycles. The predicted octanol–water partition coefficient (Wildman–Crippen LogP) is 3.45. The maximum Gasteiger partial charge on any atom is 0.411 e. The smallest absolute Gasteiger partial charge is 0.411 e. The molecular weight excluding hydrogens is 422 g/mol. The van der Waals surface area contributed by atoms with E-state index in [9.17, 15) is 9.59 Å². The molecule has 33 heavy (non-hydrogen) atoms. The number of hydrogen-bond donors (Lipinski definition) is 1. The number of amides is 1. The summed E-state index contributed by atoms with van der Waals surface area (Å²) in [5, 5.41) is 11.3. The highest BCUT2D eigenvalue weighted by Gasteiger charge is 2.14. The van der Waals surface area contributed by atoms with Crippen LogP contribution >= 0.6 is 0 Å². The second-order valence-electron chi connectivity index (χ2n) is 8.21. The maximum absolute atomic E-state index is 12.3. The molecule has 1 saturated carbocycles. The van der Waals surface area contributed by atoms with Gasteiger partial charge in [-0.05, 0) is 30.5 Å². The molecule has 0 aliphatic heterocycles. The Kier molecular flexibility index (Phi) is 7.51. The Hall–Kier alpha value is -3.46. The van der Waals surface area contributed by atoms with Crippen LogP contribution in [0.2, 0.25) is 0 Å². The van der Waals surface area contributed by atoms with Gasteiger partial charge in [0.2, 0.25) is 5.43 Å². The Morgan fingerprint density at radius 3 is 2.82 bits per heavy atom. The van der Waals surface area contributed by atoms with Crippen LogP contribution in [0.5, 0.6) is 0 Å². The first kappa shape index (κ1) is 22.7. The summed E-state index contributed by atoms with van der Waals surface area (Å²) >= 11 is 0. The number of nitrogens with one attached hydrogen (secondary N) is 1. The van der Waals surface area contributed by atoms with Crippen LogP contribution in [0.25, 0.3) is 5.69 Å². The van der Waals surface area contributed by atoms with Crippen molar-refractivity contribution in [2.75, 3.05) is 18.5 Å². The number of aryl methyl sites for hydroxylation is 1. The monoisotopic (exact) mass is 451 g/mol. The van der Waals surface area contributed by atoms with Crippen molar-refractivity contribution in [3.05, 3.63) is 70.4 Å². The van der Waals surface area contributed by atoms with Crippen LogP contribution in [0.1, 0.15) is 43.4 Å². The molecule has 0 unspecified atom stereocenters. The van der Waals surface area contributed by atoms with Gasteiger partial charge in [-0.2, -0.15) is 10.2 Å². The van der Waals surface area contributed by atoms with Crippen LogP contribution in [0.15, 0.2) is 53.7 Å². The fourth-order valence-electron chi connectivity index (χ4n) is 3.93. The van der Waals surface area contributed by atoms with Crippen LogP contribution in [-0.2, 0) is 22.9 Å². The lowest BCUT2D eigenvalue weighted by Gasteiger charge is -2.21. The molecule has 1 aliphatic rings. The summed E-state index contributed by atoms with van der Waals surface area (Å²) in [7, 11) is 1.82. The van der Waals surface area contributed by atoms with Gasteiger partial charge in [0.05, 0.1) is 25.1 Å². The molecule has 2 heterocycles. The lowest BCUT2D eigenvalue weighted by molar-refractivity contribution is 0.00583. The van der Waals surface area contributed by atoms with Gasteiger partial charge in [0, 0.05) is 31.4 Å². The topological polar surface area (TPSA) is 100 Å². The van der Waals surface area contributed by atoms with E-state index in [0.717, 1.165) is 24.1 Å². The quantitative estimate of drug-likeness (QED) is 0.527. The Morgan fingerprint density at radius 2 is 2.03 bits per heavy atom. The molecule has 9 nitrogen and oxygen atoms in total. The second kappa shape index (κ2) is 10.9. The van der Waals surface area contributed by atoms with Crippen molar-refractivity contribution >= 4 is 11.8 Å². The van der Waals surface area contributed by atoms with E-state index >= 15 is 0 Å². The Morgan fingerprint density at radius 1 is 1.18 bits per heavy atom. The zero-order valence-corrected chi connectivity index (χ0v) is 18.8. The normalized spacial score (nSPS) is 14.2. The summed E-state index contributed by atoms with van der Waals surface area (Å²) in [5.41, 5.74) is 2.47. The first-order chi connectivity index (χ1) is 16.1. The standard InChI is InChI=1S/C24H29N5O4/c1-28-17-20(16-25-28)29-11-10-23(30)22(27-29)15-18-6-5-7-19(14-18)26-24(31)33-13-12-32-21-8-3-2-4-9-21/h5-7,10-11,14,16-17,21H,2-4,8-9,12-13,15H2,1H3,(H,26,31). The largest absolute Gasteiger partial charge is 0.447 e. The number of anilines is 1. The first-order valence-electron chi connectivity index (χ1n) is 11.3. The van der Waals surface area contributed by atoms with E-state index in [2.05, 4.69) is 15.5 Å². The van der Waals surface area contributed by atoms with Gasteiger partial charge in [-0.1, -0.05) is 31.4 Å². The van der Waals surface area contributed by atoms with E-state index in [1.54, 1.807) is 27.8 Å². The zero-order valence-electron chi connectivity index (χ0n) is 18.8. The van der Waals surface area contributed by atoms with Crippen LogP contribution in [0.4, 0.5) is 10.5 Å². The van der Waals surface area contributed by atoms with Crippen molar-refractivity contribution in [1.82, 2.24) is 19.6 Å². The average molecular weight is 452 g/mol. The third-order valence-corrected chi connectivity index (χ3v) is 5.60. The number of carbonyl (C=O) groups is 1. The van der Waals surface area contributed by atoms with Crippen molar-refractivity contribution in [2.24, 2.45) is 7.05 Å². The Labute approximate surface area is 192 Å². The van der Waals surface area contributed by atoms with Gasteiger partial charge in [-0.3, -0.25) is 14.8 Å². The molecule has 1 amide bonds. The van der Waals surface area contributed by atoms with Gasteiger partial charge < -0.3 is 9.47 Å². The van der Waals surface area contributed by atoms with Gasteiger partial charge in [-0.25, -0.2) is 9.48 Å². The highest BCUT2D eigenvalue weighted by Crippen LogP contribution is 2.20.